The van der Waals surface area contributed by atoms with Gasteiger partial charge in [0.05, 0.1) is 6.04 Å². The normalized spacial score (nSPS) is 23.7. The first-order chi connectivity index (χ1) is 16.6. The molecule has 0 saturated carbocycles. The topological polar surface area (TPSA) is 48.5 Å². The number of likely N-dealkylation sites (tertiary alicyclic amines) is 2. The van der Waals surface area contributed by atoms with Crippen LogP contribution < -0.4 is 5.32 Å². The molecular weight excluding hydrogens is 650 g/mol. The molecule has 3 heterocycles. The molecule has 0 spiro atoms. The van der Waals surface area contributed by atoms with E-state index in [9.17, 15) is 4.79 Å². The van der Waals surface area contributed by atoms with E-state index in [0.29, 0.717) is 13.9 Å². The van der Waals surface area contributed by atoms with Crippen molar-refractivity contribution < 1.29 is 4.79 Å². The second-order valence-corrected chi connectivity index (χ2v) is 12.5. The number of halogens is 2. The summed E-state index contributed by atoms with van der Waals surface area (Å²) in [6.07, 6.45) is 7.61. The van der Waals surface area contributed by atoms with Crippen LogP contribution in [0.1, 0.15) is 35.2 Å². The van der Waals surface area contributed by atoms with Crippen molar-refractivity contribution in [1.82, 2.24) is 14.8 Å². The lowest BCUT2D eigenvalue weighted by molar-refractivity contribution is 0.0736. The number of hydrogen-bond acceptors (Lipinski definition) is 4. The van der Waals surface area contributed by atoms with Crippen molar-refractivity contribution in [2.75, 3.05) is 31.5 Å². The highest BCUT2D eigenvalue weighted by Gasteiger charge is 2.36. The summed E-state index contributed by atoms with van der Waals surface area (Å²) < 4.78 is 0.642. The molecule has 1 N–H and O–H groups in total. The Kier molecular flexibility index (Phi) is 7.90. The van der Waals surface area contributed by atoms with Crippen LogP contribution in [0.2, 0.25) is 0 Å². The number of pyridine rings is 1. The first kappa shape index (κ1) is 24.2. The van der Waals surface area contributed by atoms with Crippen molar-refractivity contribution in [3.63, 3.8) is 0 Å². The van der Waals surface area contributed by atoms with E-state index in [1.54, 1.807) is 6.20 Å². The van der Waals surface area contributed by atoms with Crippen molar-refractivity contribution in [3.8, 4) is 0 Å². The number of anilines is 1. The van der Waals surface area contributed by atoms with Gasteiger partial charge in [-0.15, -0.1) is 0 Å². The number of nitrogens with zero attached hydrogens (tertiary/aromatic N) is 3. The zero-order valence-electron chi connectivity index (χ0n) is 19.2. The van der Waals surface area contributed by atoms with Crippen LogP contribution in [0.25, 0.3) is 10.8 Å². The van der Waals surface area contributed by atoms with Crippen LogP contribution in [0.4, 0.5) is 5.69 Å². The van der Waals surface area contributed by atoms with Crippen LogP contribution >= 0.6 is 45.2 Å². The van der Waals surface area contributed by atoms with E-state index in [2.05, 4.69) is 84.6 Å². The van der Waals surface area contributed by atoms with Gasteiger partial charge in [-0.2, -0.15) is 0 Å². The highest BCUT2D eigenvalue weighted by Crippen LogP contribution is 2.29. The summed E-state index contributed by atoms with van der Waals surface area (Å²) in [5, 5.41) is 5.74. The Hall–Kier alpha value is -1.46. The molecule has 1 aromatic heterocycles. The standard InChI is InChI=1S/C27H30I2N4O/c28-24-17-33(27(34)23-6-4-5-20-15-30-12-11-22(20)23)18-25(29)26(24)31-21-9-7-19(8-10-21)16-32-13-2-1-3-14-32/h4-12,15,24-26,31H,1-3,13-14,16-18H2/t24-,25+,26+. The maximum atomic E-state index is 13.4. The second-order valence-electron chi connectivity index (χ2n) is 9.35. The largest absolute Gasteiger partial charge is 0.380 e. The monoisotopic (exact) mass is 680 g/mol. The molecule has 2 aromatic carbocycles. The summed E-state index contributed by atoms with van der Waals surface area (Å²) in [4.78, 5) is 22.2. The maximum absolute atomic E-state index is 13.4. The molecule has 3 atom stereocenters. The third kappa shape index (κ3) is 5.51. The van der Waals surface area contributed by atoms with E-state index in [1.165, 1.54) is 37.9 Å². The van der Waals surface area contributed by atoms with E-state index in [0.717, 1.165) is 41.7 Å². The number of amides is 1. The lowest BCUT2D eigenvalue weighted by Crippen LogP contribution is -2.55. The second kappa shape index (κ2) is 11.1. The number of carbonyl (C=O) groups is 1. The molecular formula is C27H30I2N4O. The lowest BCUT2D eigenvalue weighted by atomic mass is 10.0. The summed E-state index contributed by atoms with van der Waals surface area (Å²) in [6, 6.07) is 17.1. The van der Waals surface area contributed by atoms with Crippen LogP contribution in [0.15, 0.2) is 60.9 Å². The summed E-state index contributed by atoms with van der Waals surface area (Å²) in [5.74, 6) is 0.112. The van der Waals surface area contributed by atoms with Gasteiger partial charge in [0, 0.05) is 56.5 Å². The Bertz CT molecular complexity index is 1120. The van der Waals surface area contributed by atoms with Gasteiger partial charge in [-0.05, 0) is 61.1 Å². The van der Waals surface area contributed by atoms with E-state index >= 15 is 0 Å². The highest BCUT2D eigenvalue weighted by atomic mass is 127. The molecule has 0 aliphatic carbocycles. The molecule has 0 radical (unpaired) electrons. The van der Waals surface area contributed by atoms with Gasteiger partial charge < -0.3 is 10.2 Å². The predicted octanol–water partition coefficient (Wildman–Crippen LogP) is 5.76. The number of nitrogens with one attached hydrogen (secondary N) is 1. The molecule has 5 rings (SSSR count). The summed E-state index contributed by atoms with van der Waals surface area (Å²) in [5.41, 5.74) is 3.31. The number of rotatable bonds is 5. The van der Waals surface area contributed by atoms with E-state index in [-0.39, 0.29) is 5.91 Å². The number of carbonyl (C=O) groups excluding carboxylic acids is 1. The molecule has 0 bridgehead atoms. The molecule has 34 heavy (non-hydrogen) atoms. The van der Waals surface area contributed by atoms with Crippen LogP contribution in [0.3, 0.4) is 0 Å². The third-order valence-corrected chi connectivity index (χ3v) is 9.25. The molecule has 7 heteroatoms. The van der Waals surface area contributed by atoms with Gasteiger partial charge in [-0.3, -0.25) is 14.7 Å². The highest BCUT2D eigenvalue weighted by molar-refractivity contribution is 14.1. The fraction of sp³-hybridized carbons (Fsp3) is 0.407. The zero-order valence-corrected chi connectivity index (χ0v) is 23.5. The molecule has 178 valence electrons. The Morgan fingerprint density at radius 1 is 0.971 bits per heavy atom. The number of benzene rings is 2. The predicted molar refractivity (Wildman–Crippen MR) is 156 cm³/mol. The van der Waals surface area contributed by atoms with Crippen LogP contribution in [0.5, 0.6) is 0 Å². The molecule has 3 aromatic rings. The third-order valence-electron chi connectivity index (χ3n) is 6.91. The van der Waals surface area contributed by atoms with Crippen LogP contribution in [-0.4, -0.2) is 60.8 Å². The van der Waals surface area contributed by atoms with Crippen molar-refractivity contribution >= 4 is 67.5 Å². The average Bonchev–Trinajstić information content (AvgIpc) is 2.87. The van der Waals surface area contributed by atoms with Gasteiger partial charge >= 0.3 is 0 Å². The Balaban J connectivity index is 1.22. The van der Waals surface area contributed by atoms with E-state index < -0.39 is 0 Å². The first-order valence-electron chi connectivity index (χ1n) is 12.1. The minimum Gasteiger partial charge on any atom is -0.380 e. The minimum atomic E-state index is 0.112. The smallest absolute Gasteiger partial charge is 0.254 e. The Morgan fingerprint density at radius 2 is 1.71 bits per heavy atom. The summed E-state index contributed by atoms with van der Waals surface area (Å²) in [6.45, 7) is 4.98. The van der Waals surface area contributed by atoms with E-state index in [1.807, 2.05) is 35.4 Å². The SMILES string of the molecule is O=C(c1cccc2cnccc12)N1C[C@@H](I)[C@H](Nc2ccc(CN3CCCCC3)cc2)[C@@H](I)C1. The quantitative estimate of drug-likeness (QED) is 0.275. The van der Waals surface area contributed by atoms with Crippen LogP contribution in [0, 0.1) is 0 Å². The van der Waals surface area contributed by atoms with Crippen molar-refractivity contribution in [3.05, 3.63) is 72.1 Å². The molecule has 1 amide bonds. The number of alkyl halides is 2. The zero-order chi connectivity index (χ0) is 23.5. The number of aromatic nitrogens is 1. The number of piperidine rings is 2. The van der Waals surface area contributed by atoms with Gasteiger partial charge in [0.15, 0.2) is 0 Å². The number of hydrogen-bond donors (Lipinski definition) is 1. The Labute approximate surface area is 229 Å². The van der Waals surface area contributed by atoms with Gasteiger partial charge in [0.25, 0.3) is 5.91 Å². The molecule has 5 nitrogen and oxygen atoms in total. The molecule has 2 aliphatic heterocycles. The molecule has 2 aliphatic rings. The fourth-order valence-electron chi connectivity index (χ4n) is 5.05. The Morgan fingerprint density at radius 3 is 2.44 bits per heavy atom. The van der Waals surface area contributed by atoms with Gasteiger partial charge in [0.2, 0.25) is 0 Å². The van der Waals surface area contributed by atoms with E-state index in [4.69, 9.17) is 0 Å². The number of fused-ring (bicyclic) bond motifs is 1. The minimum absolute atomic E-state index is 0.112. The van der Waals surface area contributed by atoms with Crippen molar-refractivity contribution in [2.24, 2.45) is 0 Å². The molecule has 2 saturated heterocycles. The summed E-state index contributed by atoms with van der Waals surface area (Å²) >= 11 is 5.02. The maximum Gasteiger partial charge on any atom is 0.254 e. The van der Waals surface area contributed by atoms with Crippen LogP contribution in [-0.2, 0) is 6.54 Å². The fourth-order valence-corrected chi connectivity index (χ4v) is 8.16. The first-order valence-corrected chi connectivity index (χ1v) is 14.6. The van der Waals surface area contributed by atoms with Gasteiger partial charge in [-0.25, -0.2) is 0 Å². The van der Waals surface area contributed by atoms with Crippen molar-refractivity contribution in [2.45, 2.75) is 39.7 Å². The molecule has 0 unspecified atom stereocenters. The molecule has 2 fully saturated rings. The lowest BCUT2D eigenvalue weighted by Gasteiger charge is -2.40. The van der Waals surface area contributed by atoms with Gasteiger partial charge in [0.1, 0.15) is 0 Å². The summed E-state index contributed by atoms with van der Waals surface area (Å²) in [7, 11) is 0. The average molecular weight is 680 g/mol. The van der Waals surface area contributed by atoms with Gasteiger partial charge in [-0.1, -0.05) is 75.9 Å². The van der Waals surface area contributed by atoms with Crippen molar-refractivity contribution in [1.29, 1.82) is 0 Å².